The first kappa shape index (κ1) is 13.7. The molecule has 0 saturated heterocycles. The first-order valence-electron chi connectivity index (χ1n) is 6.69. The van der Waals surface area contributed by atoms with Crippen LogP contribution in [0.3, 0.4) is 0 Å². The minimum Gasteiger partial charge on any atom is -0.376 e. The molecule has 2 heteroatoms. The van der Waals surface area contributed by atoms with E-state index in [-0.39, 0.29) is 0 Å². The SMILES string of the molecule is C=C(C)COCCNC1CCCCC1CC. The second kappa shape index (κ2) is 7.86. The van der Waals surface area contributed by atoms with Gasteiger partial charge in [-0.25, -0.2) is 0 Å². The van der Waals surface area contributed by atoms with Crippen molar-refractivity contribution in [2.75, 3.05) is 19.8 Å². The Morgan fingerprint density at radius 1 is 1.38 bits per heavy atom. The average Bonchev–Trinajstić information content (AvgIpc) is 2.29. The smallest absolute Gasteiger partial charge is 0.0672 e. The highest BCUT2D eigenvalue weighted by Crippen LogP contribution is 2.26. The first-order valence-corrected chi connectivity index (χ1v) is 6.69. The minimum atomic E-state index is 0.698. The number of hydrogen-bond acceptors (Lipinski definition) is 2. The van der Waals surface area contributed by atoms with Gasteiger partial charge in [-0.1, -0.05) is 38.3 Å². The summed E-state index contributed by atoms with van der Waals surface area (Å²) in [5.41, 5.74) is 1.10. The molecule has 0 aliphatic heterocycles. The quantitative estimate of drug-likeness (QED) is 0.531. The number of hydrogen-bond donors (Lipinski definition) is 1. The van der Waals surface area contributed by atoms with Crippen molar-refractivity contribution in [3.8, 4) is 0 Å². The average molecular weight is 225 g/mol. The van der Waals surface area contributed by atoms with Crippen molar-refractivity contribution >= 4 is 0 Å². The van der Waals surface area contributed by atoms with Crippen LogP contribution in [0.4, 0.5) is 0 Å². The zero-order valence-electron chi connectivity index (χ0n) is 10.9. The fraction of sp³-hybridized carbons (Fsp3) is 0.857. The summed E-state index contributed by atoms with van der Waals surface area (Å²) in [6, 6.07) is 0.729. The molecule has 2 atom stereocenters. The van der Waals surface area contributed by atoms with Crippen LogP contribution >= 0.6 is 0 Å². The summed E-state index contributed by atoms with van der Waals surface area (Å²) in [7, 11) is 0. The zero-order chi connectivity index (χ0) is 11.8. The molecule has 0 radical (unpaired) electrons. The fourth-order valence-corrected chi connectivity index (χ4v) is 2.53. The van der Waals surface area contributed by atoms with E-state index in [1.54, 1.807) is 0 Å². The van der Waals surface area contributed by atoms with Gasteiger partial charge < -0.3 is 10.1 Å². The van der Waals surface area contributed by atoms with Crippen LogP contribution in [-0.2, 0) is 4.74 Å². The Labute approximate surface area is 100 Å². The molecule has 0 spiro atoms. The molecule has 1 saturated carbocycles. The van der Waals surface area contributed by atoms with Crippen LogP contribution in [0.15, 0.2) is 12.2 Å². The predicted octanol–water partition coefficient (Wildman–Crippen LogP) is 3.14. The van der Waals surface area contributed by atoms with Gasteiger partial charge in [-0.2, -0.15) is 0 Å². The molecular formula is C14H27NO. The van der Waals surface area contributed by atoms with Gasteiger partial charge in [0, 0.05) is 12.6 Å². The summed E-state index contributed by atoms with van der Waals surface area (Å²) in [5.74, 6) is 0.884. The van der Waals surface area contributed by atoms with Crippen molar-refractivity contribution in [2.24, 2.45) is 5.92 Å². The van der Waals surface area contributed by atoms with E-state index in [1.807, 2.05) is 6.92 Å². The Morgan fingerprint density at radius 2 is 2.12 bits per heavy atom. The highest BCUT2D eigenvalue weighted by atomic mass is 16.5. The number of nitrogens with one attached hydrogen (secondary N) is 1. The van der Waals surface area contributed by atoms with Gasteiger partial charge in [0.05, 0.1) is 13.2 Å². The Hall–Kier alpha value is -0.340. The third-order valence-corrected chi connectivity index (χ3v) is 3.43. The Morgan fingerprint density at radius 3 is 2.81 bits per heavy atom. The summed E-state index contributed by atoms with van der Waals surface area (Å²) >= 11 is 0. The Bertz CT molecular complexity index is 203. The van der Waals surface area contributed by atoms with E-state index in [0.717, 1.165) is 30.7 Å². The van der Waals surface area contributed by atoms with Gasteiger partial charge in [0.15, 0.2) is 0 Å². The molecule has 0 bridgehead atoms. The van der Waals surface area contributed by atoms with Crippen molar-refractivity contribution in [2.45, 2.75) is 52.0 Å². The second-order valence-electron chi connectivity index (χ2n) is 5.02. The van der Waals surface area contributed by atoms with Crippen LogP contribution in [0.1, 0.15) is 46.0 Å². The molecular weight excluding hydrogens is 198 g/mol. The molecule has 1 aliphatic rings. The van der Waals surface area contributed by atoms with E-state index in [9.17, 15) is 0 Å². The van der Waals surface area contributed by atoms with E-state index >= 15 is 0 Å². The molecule has 94 valence electrons. The second-order valence-corrected chi connectivity index (χ2v) is 5.02. The van der Waals surface area contributed by atoms with Gasteiger partial charge >= 0.3 is 0 Å². The molecule has 2 nitrogen and oxygen atoms in total. The largest absolute Gasteiger partial charge is 0.376 e. The maximum atomic E-state index is 5.49. The van der Waals surface area contributed by atoms with E-state index in [0.29, 0.717) is 6.61 Å². The lowest BCUT2D eigenvalue weighted by molar-refractivity contribution is 0.147. The topological polar surface area (TPSA) is 21.3 Å². The standard InChI is InChI=1S/C14H27NO/c1-4-13-7-5-6-8-14(13)15-9-10-16-11-12(2)3/h13-15H,2,4-11H2,1,3H3. The van der Waals surface area contributed by atoms with E-state index in [1.165, 1.54) is 32.1 Å². The summed E-state index contributed by atoms with van der Waals surface area (Å²) in [6.07, 6.45) is 6.87. The van der Waals surface area contributed by atoms with Gasteiger partial charge in [0.25, 0.3) is 0 Å². The van der Waals surface area contributed by atoms with Gasteiger partial charge in [0.2, 0.25) is 0 Å². The summed E-state index contributed by atoms with van der Waals surface area (Å²) in [6.45, 7) is 10.6. The molecule has 1 fully saturated rings. The molecule has 2 unspecified atom stereocenters. The molecule has 0 aromatic carbocycles. The lowest BCUT2D eigenvalue weighted by Gasteiger charge is -2.31. The van der Waals surface area contributed by atoms with Crippen LogP contribution < -0.4 is 5.32 Å². The molecule has 0 amide bonds. The van der Waals surface area contributed by atoms with Crippen LogP contribution in [0.5, 0.6) is 0 Å². The fourth-order valence-electron chi connectivity index (χ4n) is 2.53. The summed E-state index contributed by atoms with van der Waals surface area (Å²) < 4.78 is 5.49. The van der Waals surface area contributed by atoms with Crippen molar-refractivity contribution in [1.29, 1.82) is 0 Å². The van der Waals surface area contributed by atoms with Crippen molar-refractivity contribution in [1.82, 2.24) is 5.32 Å². The van der Waals surface area contributed by atoms with Gasteiger partial charge in [-0.15, -0.1) is 0 Å². The maximum Gasteiger partial charge on any atom is 0.0672 e. The third kappa shape index (κ3) is 5.13. The highest BCUT2D eigenvalue weighted by molar-refractivity contribution is 4.87. The van der Waals surface area contributed by atoms with Crippen molar-refractivity contribution < 1.29 is 4.74 Å². The van der Waals surface area contributed by atoms with Crippen LogP contribution in [0.25, 0.3) is 0 Å². The predicted molar refractivity (Wildman–Crippen MR) is 69.7 cm³/mol. The highest BCUT2D eigenvalue weighted by Gasteiger charge is 2.22. The molecule has 1 aliphatic carbocycles. The van der Waals surface area contributed by atoms with Crippen molar-refractivity contribution in [3.05, 3.63) is 12.2 Å². The van der Waals surface area contributed by atoms with E-state index < -0.39 is 0 Å². The van der Waals surface area contributed by atoms with Gasteiger partial charge in [-0.3, -0.25) is 0 Å². The van der Waals surface area contributed by atoms with Crippen LogP contribution in [0, 0.1) is 5.92 Å². The number of rotatable bonds is 7. The maximum absolute atomic E-state index is 5.49. The Kier molecular flexibility index (Phi) is 6.74. The van der Waals surface area contributed by atoms with Gasteiger partial charge in [-0.05, 0) is 25.7 Å². The first-order chi connectivity index (χ1) is 7.74. The molecule has 0 aromatic rings. The zero-order valence-corrected chi connectivity index (χ0v) is 10.9. The number of ether oxygens (including phenoxy) is 1. The van der Waals surface area contributed by atoms with Crippen LogP contribution in [0.2, 0.25) is 0 Å². The normalized spacial score (nSPS) is 25.6. The molecule has 0 aromatic heterocycles. The minimum absolute atomic E-state index is 0.698. The monoisotopic (exact) mass is 225 g/mol. The lowest BCUT2D eigenvalue weighted by Crippen LogP contribution is -2.39. The van der Waals surface area contributed by atoms with Crippen LogP contribution in [-0.4, -0.2) is 25.8 Å². The van der Waals surface area contributed by atoms with E-state index in [2.05, 4.69) is 18.8 Å². The lowest BCUT2D eigenvalue weighted by atomic mass is 9.83. The molecule has 1 rings (SSSR count). The van der Waals surface area contributed by atoms with Crippen molar-refractivity contribution in [3.63, 3.8) is 0 Å². The van der Waals surface area contributed by atoms with Gasteiger partial charge in [0.1, 0.15) is 0 Å². The molecule has 16 heavy (non-hydrogen) atoms. The third-order valence-electron chi connectivity index (χ3n) is 3.43. The molecule has 0 heterocycles. The Balaban J connectivity index is 2.08. The van der Waals surface area contributed by atoms with E-state index in [4.69, 9.17) is 4.74 Å². The summed E-state index contributed by atoms with van der Waals surface area (Å²) in [4.78, 5) is 0. The molecule has 1 N–H and O–H groups in total. The summed E-state index contributed by atoms with van der Waals surface area (Å²) in [5, 5.41) is 3.64.